The Morgan fingerprint density at radius 3 is 2.64 bits per heavy atom. The fourth-order valence-corrected chi connectivity index (χ4v) is 2.29. The van der Waals surface area contributed by atoms with Gasteiger partial charge in [0.2, 0.25) is 6.41 Å². The van der Waals surface area contributed by atoms with Crippen molar-refractivity contribution in [1.82, 2.24) is 9.97 Å². The highest BCUT2D eigenvalue weighted by molar-refractivity contribution is 6.11. The molecule has 2 aromatic heterocycles. The van der Waals surface area contributed by atoms with E-state index in [-0.39, 0.29) is 6.41 Å². The first kappa shape index (κ1) is 17.6. The van der Waals surface area contributed by atoms with Crippen molar-refractivity contribution in [3.05, 3.63) is 59.4 Å². The van der Waals surface area contributed by atoms with Gasteiger partial charge in [-0.3, -0.25) is 9.59 Å². The first-order chi connectivity index (χ1) is 12.1. The van der Waals surface area contributed by atoms with Crippen molar-refractivity contribution >= 4 is 29.0 Å². The van der Waals surface area contributed by atoms with Crippen LogP contribution in [0.2, 0.25) is 0 Å². The molecule has 0 saturated heterocycles. The number of hydrogen-bond donors (Lipinski definition) is 4. The number of anilines is 1. The monoisotopic (exact) mass is 335 g/mol. The standard InChI is InChI=1S/C17H14N4O.CH3NO/c1-19-17-15(16(18)22)13-8-6-11(10-14(13)21-17)5-7-12-4-2-3-9-20-12;2-1-3/h2-4,6,8-10,19,21H,1H3,(H2,18,22);1H,(H2,2,3). The SMILES string of the molecule is CNc1[nH]c2cc(C#Cc3ccccn3)ccc2c1C(N)=O.NC=O. The lowest BCUT2D eigenvalue weighted by Crippen LogP contribution is -2.12. The molecule has 3 rings (SSSR count). The van der Waals surface area contributed by atoms with Crippen molar-refractivity contribution in [3.63, 3.8) is 0 Å². The van der Waals surface area contributed by atoms with Crippen LogP contribution in [0.5, 0.6) is 0 Å². The van der Waals surface area contributed by atoms with Crippen molar-refractivity contribution in [2.45, 2.75) is 0 Å². The number of amides is 2. The highest BCUT2D eigenvalue weighted by Crippen LogP contribution is 2.26. The fourth-order valence-electron chi connectivity index (χ4n) is 2.29. The first-order valence-electron chi connectivity index (χ1n) is 7.32. The lowest BCUT2D eigenvalue weighted by atomic mass is 10.1. The van der Waals surface area contributed by atoms with Crippen LogP contribution >= 0.6 is 0 Å². The molecule has 0 aliphatic heterocycles. The topological polar surface area (TPSA) is 127 Å². The van der Waals surface area contributed by atoms with Crippen LogP contribution in [0.1, 0.15) is 21.6 Å². The molecule has 0 spiro atoms. The number of nitrogens with one attached hydrogen (secondary N) is 2. The van der Waals surface area contributed by atoms with Crippen LogP contribution in [0, 0.1) is 11.8 Å². The van der Waals surface area contributed by atoms with E-state index in [2.05, 4.69) is 32.9 Å². The Hall–Kier alpha value is -3.79. The van der Waals surface area contributed by atoms with Crippen LogP contribution in [0.4, 0.5) is 5.82 Å². The van der Waals surface area contributed by atoms with E-state index in [1.54, 1.807) is 13.2 Å². The molecule has 3 aromatic rings. The number of pyridine rings is 1. The number of fused-ring (bicyclic) bond motifs is 1. The van der Waals surface area contributed by atoms with Gasteiger partial charge in [0.25, 0.3) is 5.91 Å². The summed E-state index contributed by atoms with van der Waals surface area (Å²) in [7, 11) is 1.74. The van der Waals surface area contributed by atoms with Crippen molar-refractivity contribution in [3.8, 4) is 11.8 Å². The molecule has 2 heterocycles. The summed E-state index contributed by atoms with van der Waals surface area (Å²) in [6, 6.07) is 11.2. The zero-order chi connectivity index (χ0) is 18.2. The maximum atomic E-state index is 11.6. The molecule has 7 nitrogen and oxygen atoms in total. The third-order valence-electron chi connectivity index (χ3n) is 3.29. The molecule has 0 bridgehead atoms. The van der Waals surface area contributed by atoms with Crippen LogP contribution in [0.25, 0.3) is 10.9 Å². The molecule has 7 heteroatoms. The Bertz CT molecular complexity index is 952. The second-order valence-corrected chi connectivity index (χ2v) is 4.85. The molecule has 0 fully saturated rings. The van der Waals surface area contributed by atoms with Gasteiger partial charge in [-0.05, 0) is 30.2 Å². The summed E-state index contributed by atoms with van der Waals surface area (Å²) in [5, 5.41) is 3.72. The van der Waals surface area contributed by atoms with E-state index in [1.807, 2.05) is 36.4 Å². The second-order valence-electron chi connectivity index (χ2n) is 4.85. The van der Waals surface area contributed by atoms with Gasteiger partial charge < -0.3 is 21.8 Å². The second kappa shape index (κ2) is 8.17. The minimum atomic E-state index is -0.470. The first-order valence-corrected chi connectivity index (χ1v) is 7.32. The van der Waals surface area contributed by atoms with Crippen molar-refractivity contribution < 1.29 is 9.59 Å². The Balaban J connectivity index is 0.000000701. The van der Waals surface area contributed by atoms with Crippen LogP contribution in [0.3, 0.4) is 0 Å². The molecule has 0 aliphatic rings. The van der Waals surface area contributed by atoms with Gasteiger partial charge in [0.15, 0.2) is 0 Å². The van der Waals surface area contributed by atoms with Gasteiger partial charge in [0.1, 0.15) is 11.5 Å². The summed E-state index contributed by atoms with van der Waals surface area (Å²) >= 11 is 0. The average molecular weight is 335 g/mol. The summed E-state index contributed by atoms with van der Waals surface area (Å²) in [6.07, 6.45) is 1.95. The lowest BCUT2D eigenvalue weighted by molar-refractivity contribution is -0.106. The van der Waals surface area contributed by atoms with E-state index in [0.717, 1.165) is 16.5 Å². The molecule has 0 saturated carbocycles. The van der Waals surface area contributed by atoms with Crippen LogP contribution in [0.15, 0.2) is 42.6 Å². The predicted octanol–water partition coefficient (Wildman–Crippen LogP) is 1.20. The molecular weight excluding hydrogens is 318 g/mol. The number of aromatic nitrogens is 2. The Labute approximate surface area is 144 Å². The molecule has 0 aliphatic carbocycles. The summed E-state index contributed by atoms with van der Waals surface area (Å²) in [4.78, 5) is 27.5. The highest BCUT2D eigenvalue weighted by atomic mass is 16.1. The molecule has 126 valence electrons. The van der Waals surface area contributed by atoms with Crippen molar-refractivity contribution in [2.75, 3.05) is 12.4 Å². The molecule has 0 radical (unpaired) electrons. The fraction of sp³-hybridized carbons (Fsp3) is 0.0556. The zero-order valence-electron chi connectivity index (χ0n) is 13.5. The van der Waals surface area contributed by atoms with Crippen LogP contribution in [-0.4, -0.2) is 29.3 Å². The van der Waals surface area contributed by atoms with E-state index in [9.17, 15) is 4.79 Å². The minimum Gasteiger partial charge on any atom is -0.374 e. The van der Waals surface area contributed by atoms with Crippen molar-refractivity contribution in [1.29, 1.82) is 0 Å². The van der Waals surface area contributed by atoms with Crippen LogP contribution < -0.4 is 16.8 Å². The van der Waals surface area contributed by atoms with Gasteiger partial charge in [0, 0.05) is 29.7 Å². The number of nitrogens with two attached hydrogens (primary N) is 2. The molecule has 25 heavy (non-hydrogen) atoms. The highest BCUT2D eigenvalue weighted by Gasteiger charge is 2.15. The molecule has 0 atom stereocenters. The minimum absolute atomic E-state index is 0.250. The number of rotatable bonds is 2. The maximum absolute atomic E-state index is 11.6. The number of carbonyl (C=O) groups is 2. The third kappa shape index (κ3) is 4.14. The molecule has 2 amide bonds. The number of H-pyrrole nitrogens is 1. The van der Waals surface area contributed by atoms with Gasteiger partial charge in [0.05, 0.1) is 5.56 Å². The molecule has 6 N–H and O–H groups in total. The number of benzene rings is 1. The predicted molar refractivity (Wildman–Crippen MR) is 96.8 cm³/mol. The quantitative estimate of drug-likeness (QED) is 0.414. The van der Waals surface area contributed by atoms with E-state index < -0.39 is 5.91 Å². The number of aromatic amines is 1. The Morgan fingerprint density at radius 1 is 1.28 bits per heavy atom. The largest absolute Gasteiger partial charge is 0.374 e. The van der Waals surface area contributed by atoms with Gasteiger partial charge in [-0.1, -0.05) is 18.1 Å². The summed E-state index contributed by atoms with van der Waals surface area (Å²) in [6.45, 7) is 0. The lowest BCUT2D eigenvalue weighted by Gasteiger charge is -1.98. The average Bonchev–Trinajstić information content (AvgIpc) is 2.99. The summed E-state index contributed by atoms with van der Waals surface area (Å²) < 4.78 is 0. The third-order valence-corrected chi connectivity index (χ3v) is 3.29. The van der Waals surface area contributed by atoms with Gasteiger partial charge in [-0.25, -0.2) is 4.98 Å². The normalized spacial score (nSPS) is 9.32. The van der Waals surface area contributed by atoms with Gasteiger partial charge >= 0.3 is 0 Å². The zero-order valence-corrected chi connectivity index (χ0v) is 13.5. The summed E-state index contributed by atoms with van der Waals surface area (Å²) in [5.41, 5.74) is 12.4. The number of primary amides is 2. The summed E-state index contributed by atoms with van der Waals surface area (Å²) in [5.74, 6) is 6.20. The Morgan fingerprint density at radius 2 is 2.04 bits per heavy atom. The molecule has 0 unspecified atom stereocenters. The van der Waals surface area contributed by atoms with Crippen molar-refractivity contribution in [2.24, 2.45) is 11.5 Å². The number of carbonyl (C=O) groups excluding carboxylic acids is 2. The van der Waals surface area contributed by atoms with E-state index >= 15 is 0 Å². The smallest absolute Gasteiger partial charge is 0.253 e. The number of hydrogen-bond acceptors (Lipinski definition) is 4. The van der Waals surface area contributed by atoms with Gasteiger partial charge in [-0.15, -0.1) is 0 Å². The van der Waals surface area contributed by atoms with E-state index in [1.165, 1.54) is 0 Å². The van der Waals surface area contributed by atoms with E-state index in [4.69, 9.17) is 10.5 Å². The molecule has 1 aromatic carbocycles. The molecular formula is C18H17N5O2. The maximum Gasteiger partial charge on any atom is 0.253 e. The number of nitrogens with zero attached hydrogens (tertiary/aromatic N) is 1. The van der Waals surface area contributed by atoms with E-state index in [0.29, 0.717) is 17.1 Å². The van der Waals surface area contributed by atoms with Crippen LogP contribution in [-0.2, 0) is 4.79 Å². The Kier molecular flexibility index (Phi) is 5.74. The van der Waals surface area contributed by atoms with Gasteiger partial charge in [-0.2, -0.15) is 0 Å².